The standard InChI is InChI=1S/C18H17N5O2/c1-11-5-3-6-13(9-11)20-17-21-16(14-7-4-8-25-14)23-15(24)10-12(2)19-18(23)22-17/h3-10,16H,1-2H3,(H2,19,20,21,22)/t16-/m0/s1. The molecule has 1 atom stereocenters. The Bertz CT molecular complexity index is 1000. The minimum Gasteiger partial charge on any atom is -0.465 e. The number of rotatable bonds is 2. The molecule has 0 saturated carbocycles. The van der Waals surface area contributed by atoms with Crippen LogP contribution in [0.1, 0.15) is 23.2 Å². The number of fused-ring (bicyclic) bond motifs is 1. The van der Waals surface area contributed by atoms with Crippen LogP contribution < -0.4 is 16.2 Å². The third-order valence-electron chi connectivity index (χ3n) is 3.88. The van der Waals surface area contributed by atoms with Gasteiger partial charge in [0.2, 0.25) is 11.9 Å². The maximum absolute atomic E-state index is 12.5. The molecule has 1 aromatic carbocycles. The molecule has 25 heavy (non-hydrogen) atoms. The summed E-state index contributed by atoms with van der Waals surface area (Å²) in [4.78, 5) is 21.5. The van der Waals surface area contributed by atoms with Crippen LogP contribution in [-0.2, 0) is 0 Å². The first-order valence-electron chi connectivity index (χ1n) is 7.92. The van der Waals surface area contributed by atoms with Gasteiger partial charge in [0.25, 0.3) is 5.56 Å². The van der Waals surface area contributed by atoms with Gasteiger partial charge in [0.15, 0.2) is 6.17 Å². The van der Waals surface area contributed by atoms with Gasteiger partial charge in [0, 0.05) is 17.4 Å². The number of anilines is 2. The van der Waals surface area contributed by atoms with E-state index in [0.29, 0.717) is 23.4 Å². The van der Waals surface area contributed by atoms with E-state index in [9.17, 15) is 4.79 Å². The van der Waals surface area contributed by atoms with Gasteiger partial charge in [-0.1, -0.05) is 12.1 Å². The highest BCUT2D eigenvalue weighted by molar-refractivity contribution is 6.03. The van der Waals surface area contributed by atoms with Crippen LogP contribution in [0.2, 0.25) is 0 Å². The maximum atomic E-state index is 12.5. The zero-order chi connectivity index (χ0) is 17.4. The fraction of sp³-hybridized carbons (Fsp3) is 0.167. The summed E-state index contributed by atoms with van der Waals surface area (Å²) in [7, 11) is 0. The highest BCUT2D eigenvalue weighted by Gasteiger charge is 2.26. The molecule has 2 N–H and O–H groups in total. The molecule has 4 rings (SSSR count). The topological polar surface area (TPSA) is 84.5 Å². The van der Waals surface area contributed by atoms with Crippen LogP contribution in [-0.4, -0.2) is 15.5 Å². The van der Waals surface area contributed by atoms with Crippen molar-refractivity contribution in [2.24, 2.45) is 4.99 Å². The maximum Gasteiger partial charge on any atom is 0.257 e. The van der Waals surface area contributed by atoms with Crippen molar-refractivity contribution in [1.82, 2.24) is 9.55 Å². The predicted molar refractivity (Wildman–Crippen MR) is 95.9 cm³/mol. The monoisotopic (exact) mass is 335 g/mol. The SMILES string of the molecule is Cc1cccc(NC2=N[C@H](c3ccco3)n3c(nc(C)cc3=O)N2)c1. The second-order valence-corrected chi connectivity index (χ2v) is 5.92. The lowest BCUT2D eigenvalue weighted by molar-refractivity contribution is 0.427. The summed E-state index contributed by atoms with van der Waals surface area (Å²) in [6.07, 6.45) is 0.950. The highest BCUT2D eigenvalue weighted by atomic mass is 16.3. The quantitative estimate of drug-likeness (QED) is 0.752. The van der Waals surface area contributed by atoms with Gasteiger partial charge in [-0.3, -0.25) is 10.1 Å². The average molecular weight is 335 g/mol. The Labute approximate surface area is 144 Å². The van der Waals surface area contributed by atoms with Crippen LogP contribution >= 0.6 is 0 Å². The Morgan fingerprint density at radius 1 is 1.20 bits per heavy atom. The predicted octanol–water partition coefficient (Wildman–Crippen LogP) is 2.89. The molecule has 0 unspecified atom stereocenters. The second kappa shape index (κ2) is 5.94. The fourth-order valence-electron chi connectivity index (χ4n) is 2.80. The Kier molecular flexibility index (Phi) is 3.61. The normalized spacial score (nSPS) is 15.9. The number of aryl methyl sites for hydroxylation is 2. The number of nitrogens with zero attached hydrogens (tertiary/aromatic N) is 3. The molecule has 3 heterocycles. The van der Waals surface area contributed by atoms with E-state index in [1.54, 1.807) is 25.3 Å². The van der Waals surface area contributed by atoms with Gasteiger partial charge in [-0.25, -0.2) is 14.5 Å². The van der Waals surface area contributed by atoms with Crippen LogP contribution in [0.4, 0.5) is 11.6 Å². The van der Waals surface area contributed by atoms with Crippen LogP contribution in [0.15, 0.2) is 62.9 Å². The minimum atomic E-state index is -0.612. The smallest absolute Gasteiger partial charge is 0.257 e. The summed E-state index contributed by atoms with van der Waals surface area (Å²) < 4.78 is 6.96. The number of guanidine groups is 1. The molecule has 0 fully saturated rings. The van der Waals surface area contributed by atoms with Crippen molar-refractivity contribution >= 4 is 17.6 Å². The van der Waals surface area contributed by atoms with E-state index in [-0.39, 0.29) is 5.56 Å². The van der Waals surface area contributed by atoms with Gasteiger partial charge in [-0.15, -0.1) is 0 Å². The number of benzene rings is 1. The number of aliphatic imine (C=N–C) groups is 1. The average Bonchev–Trinajstić information content (AvgIpc) is 3.08. The zero-order valence-corrected chi connectivity index (χ0v) is 13.9. The number of aromatic nitrogens is 2. The number of hydrogen-bond acceptors (Lipinski definition) is 6. The van der Waals surface area contributed by atoms with E-state index in [0.717, 1.165) is 11.3 Å². The largest absolute Gasteiger partial charge is 0.465 e. The van der Waals surface area contributed by atoms with Gasteiger partial charge in [0.1, 0.15) is 5.76 Å². The summed E-state index contributed by atoms with van der Waals surface area (Å²) in [5, 5.41) is 6.32. The van der Waals surface area contributed by atoms with E-state index in [1.807, 2.05) is 31.2 Å². The van der Waals surface area contributed by atoms with Crippen molar-refractivity contribution < 1.29 is 4.42 Å². The summed E-state index contributed by atoms with van der Waals surface area (Å²) in [6, 6.07) is 13.0. The van der Waals surface area contributed by atoms with E-state index in [4.69, 9.17) is 4.42 Å². The molecule has 1 aliphatic heterocycles. The van der Waals surface area contributed by atoms with E-state index >= 15 is 0 Å². The van der Waals surface area contributed by atoms with Crippen molar-refractivity contribution in [2.75, 3.05) is 10.6 Å². The second-order valence-electron chi connectivity index (χ2n) is 5.92. The molecule has 0 amide bonds. The molecule has 0 aliphatic carbocycles. The molecule has 0 bridgehead atoms. The molecule has 7 heteroatoms. The third kappa shape index (κ3) is 2.91. The molecule has 3 aromatic rings. The van der Waals surface area contributed by atoms with Crippen molar-refractivity contribution in [1.29, 1.82) is 0 Å². The lowest BCUT2D eigenvalue weighted by Crippen LogP contribution is -2.37. The molecule has 7 nitrogen and oxygen atoms in total. The number of hydrogen-bond donors (Lipinski definition) is 2. The molecular formula is C18H17N5O2. The van der Waals surface area contributed by atoms with Crippen LogP contribution in [0, 0.1) is 13.8 Å². The van der Waals surface area contributed by atoms with Gasteiger partial charge < -0.3 is 9.73 Å². The lowest BCUT2D eigenvalue weighted by atomic mass is 10.2. The summed E-state index contributed by atoms with van der Waals surface area (Å²) in [5.74, 6) is 1.50. The number of nitrogens with one attached hydrogen (secondary N) is 2. The highest BCUT2D eigenvalue weighted by Crippen LogP contribution is 2.26. The van der Waals surface area contributed by atoms with E-state index < -0.39 is 6.17 Å². The van der Waals surface area contributed by atoms with Gasteiger partial charge >= 0.3 is 0 Å². The fourth-order valence-corrected chi connectivity index (χ4v) is 2.80. The summed E-state index contributed by atoms with van der Waals surface area (Å²) in [5.41, 5.74) is 2.48. The van der Waals surface area contributed by atoms with Crippen LogP contribution in [0.3, 0.4) is 0 Å². The Morgan fingerprint density at radius 3 is 2.84 bits per heavy atom. The minimum absolute atomic E-state index is 0.185. The molecule has 126 valence electrons. The summed E-state index contributed by atoms with van der Waals surface area (Å²) >= 11 is 0. The van der Waals surface area contributed by atoms with Gasteiger partial charge in [0.05, 0.1) is 6.26 Å². The Morgan fingerprint density at radius 2 is 2.08 bits per heavy atom. The Hall–Kier alpha value is -3.35. The molecule has 1 aliphatic rings. The molecule has 0 radical (unpaired) electrons. The molecule has 2 aromatic heterocycles. The molecule has 0 spiro atoms. The first kappa shape index (κ1) is 15.2. The van der Waals surface area contributed by atoms with Gasteiger partial charge in [-0.05, 0) is 43.7 Å². The van der Waals surface area contributed by atoms with Gasteiger partial charge in [-0.2, -0.15) is 0 Å². The summed E-state index contributed by atoms with van der Waals surface area (Å²) in [6.45, 7) is 3.80. The molecular weight excluding hydrogens is 318 g/mol. The van der Waals surface area contributed by atoms with E-state index in [2.05, 4.69) is 20.6 Å². The van der Waals surface area contributed by atoms with Crippen molar-refractivity contribution in [3.63, 3.8) is 0 Å². The first-order valence-corrected chi connectivity index (χ1v) is 7.92. The van der Waals surface area contributed by atoms with Crippen molar-refractivity contribution in [3.8, 4) is 0 Å². The Balaban J connectivity index is 1.78. The first-order chi connectivity index (χ1) is 12.1. The third-order valence-corrected chi connectivity index (χ3v) is 3.88. The molecule has 0 saturated heterocycles. The lowest BCUT2D eigenvalue weighted by Gasteiger charge is -2.25. The van der Waals surface area contributed by atoms with Crippen LogP contribution in [0.25, 0.3) is 0 Å². The van der Waals surface area contributed by atoms with E-state index in [1.165, 1.54) is 10.6 Å². The van der Waals surface area contributed by atoms with Crippen molar-refractivity contribution in [3.05, 3.63) is 76.1 Å². The van der Waals surface area contributed by atoms with Crippen LogP contribution in [0.5, 0.6) is 0 Å². The number of furan rings is 1. The van der Waals surface area contributed by atoms with Crippen molar-refractivity contribution in [2.45, 2.75) is 20.0 Å². The zero-order valence-electron chi connectivity index (χ0n) is 13.9.